The molecule has 1 heterocycles. The first-order valence-electron chi connectivity index (χ1n) is 7.69. The maximum Gasteiger partial charge on any atom is 0.274 e. The predicted octanol–water partition coefficient (Wildman–Crippen LogP) is 1.41. The lowest BCUT2D eigenvalue weighted by Gasteiger charge is -2.13. The average molecular weight is 343 g/mol. The smallest absolute Gasteiger partial charge is 0.274 e. The molecule has 2 aromatic rings. The van der Waals surface area contributed by atoms with Crippen LogP contribution in [0.1, 0.15) is 15.9 Å². The maximum atomic E-state index is 12.2. The summed E-state index contributed by atoms with van der Waals surface area (Å²) in [7, 11) is 4.75. The van der Waals surface area contributed by atoms with E-state index < -0.39 is 11.5 Å². The molecular formula is C18H21N3O4. The Bertz CT molecular complexity index is 856. The number of aryl methyl sites for hydroxylation is 2. The fourth-order valence-corrected chi connectivity index (χ4v) is 2.22. The molecule has 0 fully saturated rings. The lowest BCUT2D eigenvalue weighted by atomic mass is 10.2. The Balaban J connectivity index is 2.12. The van der Waals surface area contributed by atoms with E-state index in [0.29, 0.717) is 11.3 Å². The van der Waals surface area contributed by atoms with E-state index in [1.807, 2.05) is 25.1 Å². The highest BCUT2D eigenvalue weighted by Crippen LogP contribution is 2.12. The second kappa shape index (κ2) is 7.65. The van der Waals surface area contributed by atoms with Crippen LogP contribution in [0.2, 0.25) is 0 Å². The predicted molar refractivity (Wildman–Crippen MR) is 95.0 cm³/mol. The largest absolute Gasteiger partial charge is 0.484 e. The van der Waals surface area contributed by atoms with Gasteiger partial charge in [0.25, 0.3) is 17.4 Å². The Hall–Kier alpha value is -3.09. The van der Waals surface area contributed by atoms with Gasteiger partial charge in [0, 0.05) is 27.3 Å². The van der Waals surface area contributed by atoms with Gasteiger partial charge in [-0.15, -0.1) is 0 Å². The van der Waals surface area contributed by atoms with Crippen molar-refractivity contribution in [3.8, 4) is 5.75 Å². The number of ether oxygens (including phenoxy) is 1. The van der Waals surface area contributed by atoms with Gasteiger partial charge in [-0.05, 0) is 30.7 Å². The Labute approximate surface area is 145 Å². The monoisotopic (exact) mass is 343 g/mol. The first-order chi connectivity index (χ1) is 11.8. The van der Waals surface area contributed by atoms with E-state index in [4.69, 9.17) is 4.74 Å². The van der Waals surface area contributed by atoms with Crippen LogP contribution in [0, 0.1) is 6.92 Å². The summed E-state index contributed by atoms with van der Waals surface area (Å²) in [4.78, 5) is 37.7. The van der Waals surface area contributed by atoms with Crippen LogP contribution in [0.4, 0.5) is 5.69 Å². The molecule has 1 aromatic heterocycles. The van der Waals surface area contributed by atoms with Crippen LogP contribution in [0.25, 0.3) is 0 Å². The molecule has 0 spiro atoms. The number of aromatic nitrogens is 1. The molecule has 0 unspecified atom stereocenters. The molecule has 0 atom stereocenters. The Morgan fingerprint density at radius 1 is 1.24 bits per heavy atom. The second-order valence-electron chi connectivity index (χ2n) is 5.91. The van der Waals surface area contributed by atoms with Gasteiger partial charge in [-0.1, -0.05) is 12.1 Å². The fraction of sp³-hybridized carbons (Fsp3) is 0.278. The number of carbonyl (C=O) groups is 2. The summed E-state index contributed by atoms with van der Waals surface area (Å²) in [5, 5.41) is 2.50. The number of hydrogen-bond donors (Lipinski definition) is 1. The zero-order valence-electron chi connectivity index (χ0n) is 14.7. The van der Waals surface area contributed by atoms with Crippen molar-refractivity contribution >= 4 is 17.5 Å². The number of carbonyl (C=O) groups excluding carboxylic acids is 2. The SMILES string of the molecule is Cc1cccc(OCC(=O)Nc2cc(C(=O)N(C)C)cn(C)c2=O)c1. The van der Waals surface area contributed by atoms with Gasteiger partial charge in [0.1, 0.15) is 11.4 Å². The Kier molecular flexibility index (Phi) is 5.59. The minimum Gasteiger partial charge on any atom is -0.484 e. The molecule has 0 aliphatic heterocycles. The number of anilines is 1. The number of hydrogen-bond acceptors (Lipinski definition) is 4. The number of pyridine rings is 1. The third-order valence-electron chi connectivity index (χ3n) is 3.47. The molecule has 7 heteroatoms. The van der Waals surface area contributed by atoms with Gasteiger partial charge >= 0.3 is 0 Å². The quantitative estimate of drug-likeness (QED) is 0.890. The minimum absolute atomic E-state index is 0.0352. The van der Waals surface area contributed by atoms with Gasteiger partial charge in [-0.3, -0.25) is 14.4 Å². The van der Waals surface area contributed by atoms with Crippen molar-refractivity contribution in [2.75, 3.05) is 26.0 Å². The molecule has 0 radical (unpaired) electrons. The van der Waals surface area contributed by atoms with Crippen molar-refractivity contribution in [1.29, 1.82) is 0 Å². The van der Waals surface area contributed by atoms with Gasteiger partial charge in [-0.25, -0.2) is 0 Å². The molecule has 0 aliphatic rings. The van der Waals surface area contributed by atoms with E-state index in [1.54, 1.807) is 20.2 Å². The van der Waals surface area contributed by atoms with E-state index in [0.717, 1.165) is 5.56 Å². The van der Waals surface area contributed by atoms with E-state index in [-0.39, 0.29) is 18.2 Å². The molecular weight excluding hydrogens is 322 g/mol. The van der Waals surface area contributed by atoms with Crippen molar-refractivity contribution in [3.05, 3.63) is 58.0 Å². The van der Waals surface area contributed by atoms with Crippen LogP contribution in [0.3, 0.4) is 0 Å². The number of rotatable bonds is 5. The molecule has 25 heavy (non-hydrogen) atoms. The summed E-state index contributed by atoms with van der Waals surface area (Å²) in [5.41, 5.74) is 0.955. The van der Waals surface area contributed by atoms with Crippen molar-refractivity contribution in [2.45, 2.75) is 6.92 Å². The van der Waals surface area contributed by atoms with Crippen molar-refractivity contribution in [3.63, 3.8) is 0 Å². The first kappa shape index (κ1) is 18.3. The van der Waals surface area contributed by atoms with Crippen LogP contribution >= 0.6 is 0 Å². The van der Waals surface area contributed by atoms with E-state index in [1.165, 1.54) is 28.8 Å². The van der Waals surface area contributed by atoms with Crippen molar-refractivity contribution in [2.24, 2.45) is 7.05 Å². The highest BCUT2D eigenvalue weighted by atomic mass is 16.5. The lowest BCUT2D eigenvalue weighted by Crippen LogP contribution is -2.29. The summed E-state index contributed by atoms with van der Waals surface area (Å²) >= 11 is 0. The number of nitrogens with zero attached hydrogens (tertiary/aromatic N) is 2. The van der Waals surface area contributed by atoms with Crippen LogP contribution < -0.4 is 15.6 Å². The summed E-state index contributed by atoms with van der Waals surface area (Å²) in [6, 6.07) is 8.67. The highest BCUT2D eigenvalue weighted by molar-refractivity contribution is 5.96. The van der Waals surface area contributed by atoms with Crippen LogP contribution in [-0.2, 0) is 11.8 Å². The van der Waals surface area contributed by atoms with E-state index in [9.17, 15) is 14.4 Å². The molecule has 2 amide bonds. The third-order valence-corrected chi connectivity index (χ3v) is 3.47. The zero-order chi connectivity index (χ0) is 18.6. The highest BCUT2D eigenvalue weighted by Gasteiger charge is 2.14. The lowest BCUT2D eigenvalue weighted by molar-refractivity contribution is -0.118. The Morgan fingerprint density at radius 2 is 1.96 bits per heavy atom. The zero-order valence-corrected chi connectivity index (χ0v) is 14.7. The molecule has 0 aliphatic carbocycles. The summed E-state index contributed by atoms with van der Waals surface area (Å²) in [6.45, 7) is 1.68. The fourth-order valence-electron chi connectivity index (χ4n) is 2.22. The average Bonchev–Trinajstić information content (AvgIpc) is 2.56. The van der Waals surface area contributed by atoms with Crippen molar-refractivity contribution < 1.29 is 14.3 Å². The standard InChI is InChI=1S/C18H21N3O4/c1-12-6-5-7-14(8-12)25-11-16(22)19-15-9-13(17(23)20(2)3)10-21(4)18(15)24/h5-10H,11H2,1-4H3,(H,19,22). The number of amides is 2. The number of nitrogens with one attached hydrogen (secondary N) is 1. The topological polar surface area (TPSA) is 80.6 Å². The van der Waals surface area contributed by atoms with E-state index >= 15 is 0 Å². The van der Waals surface area contributed by atoms with Gasteiger partial charge in [0.2, 0.25) is 0 Å². The Morgan fingerprint density at radius 3 is 2.60 bits per heavy atom. The van der Waals surface area contributed by atoms with E-state index in [2.05, 4.69) is 5.32 Å². The van der Waals surface area contributed by atoms with Crippen LogP contribution in [0.5, 0.6) is 5.75 Å². The third kappa shape index (κ3) is 4.69. The molecule has 132 valence electrons. The second-order valence-corrected chi connectivity index (χ2v) is 5.91. The number of benzene rings is 1. The molecule has 7 nitrogen and oxygen atoms in total. The van der Waals surface area contributed by atoms with Crippen molar-refractivity contribution in [1.82, 2.24) is 9.47 Å². The van der Waals surface area contributed by atoms with Crippen LogP contribution in [-0.4, -0.2) is 42.0 Å². The van der Waals surface area contributed by atoms with Gasteiger partial charge in [0.05, 0.1) is 5.56 Å². The van der Waals surface area contributed by atoms with Gasteiger partial charge in [-0.2, -0.15) is 0 Å². The molecule has 0 saturated carbocycles. The minimum atomic E-state index is -0.479. The molecule has 1 aromatic carbocycles. The summed E-state index contributed by atoms with van der Waals surface area (Å²) < 4.78 is 6.67. The van der Waals surface area contributed by atoms with Gasteiger partial charge in [0.15, 0.2) is 6.61 Å². The normalized spacial score (nSPS) is 10.2. The molecule has 2 rings (SSSR count). The maximum absolute atomic E-state index is 12.2. The molecule has 0 saturated heterocycles. The molecule has 0 bridgehead atoms. The van der Waals surface area contributed by atoms with Gasteiger partial charge < -0.3 is 19.5 Å². The van der Waals surface area contributed by atoms with Crippen LogP contribution in [0.15, 0.2) is 41.3 Å². The summed E-state index contributed by atoms with van der Waals surface area (Å²) in [6.07, 6.45) is 1.43. The first-order valence-corrected chi connectivity index (χ1v) is 7.69. The molecule has 1 N–H and O–H groups in total. The summed E-state index contributed by atoms with van der Waals surface area (Å²) in [5.74, 6) is -0.172.